The van der Waals surface area contributed by atoms with Crippen LogP contribution in [0.3, 0.4) is 0 Å². The zero-order valence-electron chi connectivity index (χ0n) is 10.9. The number of terminal acetylenes is 1. The zero-order chi connectivity index (χ0) is 14.3. The van der Waals surface area contributed by atoms with Crippen LogP contribution in [0.4, 0.5) is 5.69 Å². The van der Waals surface area contributed by atoms with E-state index in [1.165, 1.54) is 10.9 Å². The van der Waals surface area contributed by atoms with Crippen LogP contribution in [-0.2, 0) is 6.54 Å². The number of halogens is 1. The Morgan fingerprint density at radius 1 is 1.68 bits per heavy atom. The third-order valence-electron chi connectivity index (χ3n) is 2.73. The van der Waals surface area contributed by atoms with Gasteiger partial charge in [0, 0.05) is 13.2 Å². The molecule has 1 rings (SSSR count). The molecule has 1 heterocycles. The second kappa shape index (κ2) is 7.82. The topological polar surface area (TPSA) is 67.2 Å². The Balaban J connectivity index is 2.65. The fourth-order valence-electron chi connectivity index (χ4n) is 1.58. The Bertz CT molecular complexity index is 508. The normalized spacial score (nSPS) is 11.9. The second-order valence-corrected chi connectivity index (χ2v) is 4.80. The number of anilines is 1. The maximum absolute atomic E-state index is 12.0. The SMILES string of the molecule is C#CCn1ncc(Cl)c(NCCCC(C)CO)c1=O. The van der Waals surface area contributed by atoms with Crippen LogP contribution in [0.1, 0.15) is 19.8 Å². The molecule has 0 bridgehead atoms. The van der Waals surface area contributed by atoms with Gasteiger partial charge in [0.2, 0.25) is 0 Å². The van der Waals surface area contributed by atoms with Crippen LogP contribution in [0, 0.1) is 18.3 Å². The van der Waals surface area contributed by atoms with Gasteiger partial charge in [-0.2, -0.15) is 5.10 Å². The fourth-order valence-corrected chi connectivity index (χ4v) is 1.77. The summed E-state index contributed by atoms with van der Waals surface area (Å²) in [6.07, 6.45) is 8.28. The van der Waals surface area contributed by atoms with E-state index in [0.29, 0.717) is 12.2 Å². The molecule has 6 heteroatoms. The van der Waals surface area contributed by atoms with Crippen LogP contribution in [0.2, 0.25) is 5.02 Å². The lowest BCUT2D eigenvalue weighted by molar-refractivity contribution is 0.229. The minimum atomic E-state index is -0.319. The molecule has 1 atom stereocenters. The van der Waals surface area contributed by atoms with E-state index in [-0.39, 0.29) is 29.7 Å². The van der Waals surface area contributed by atoms with Gasteiger partial charge in [-0.05, 0) is 18.8 Å². The van der Waals surface area contributed by atoms with E-state index in [9.17, 15) is 4.79 Å². The quantitative estimate of drug-likeness (QED) is 0.586. The number of nitrogens with one attached hydrogen (secondary N) is 1. The van der Waals surface area contributed by atoms with Gasteiger partial charge in [0.05, 0.1) is 11.2 Å². The fraction of sp³-hybridized carbons (Fsp3) is 0.538. The lowest BCUT2D eigenvalue weighted by Crippen LogP contribution is -2.26. The molecule has 19 heavy (non-hydrogen) atoms. The molecule has 0 aromatic carbocycles. The number of aliphatic hydroxyl groups excluding tert-OH is 1. The average molecular weight is 284 g/mol. The lowest BCUT2D eigenvalue weighted by Gasteiger charge is -2.11. The number of nitrogens with zero attached hydrogens (tertiary/aromatic N) is 2. The second-order valence-electron chi connectivity index (χ2n) is 4.39. The Morgan fingerprint density at radius 3 is 3.05 bits per heavy atom. The van der Waals surface area contributed by atoms with Crippen molar-refractivity contribution in [2.24, 2.45) is 5.92 Å². The third kappa shape index (κ3) is 4.58. The van der Waals surface area contributed by atoms with Gasteiger partial charge >= 0.3 is 0 Å². The van der Waals surface area contributed by atoms with Crippen LogP contribution < -0.4 is 10.9 Å². The van der Waals surface area contributed by atoms with E-state index in [2.05, 4.69) is 16.3 Å². The predicted octanol–water partition coefficient (Wildman–Crippen LogP) is 1.35. The molecular formula is C13H18ClN3O2. The Hall–Kier alpha value is -1.51. The van der Waals surface area contributed by atoms with Gasteiger partial charge in [0.1, 0.15) is 12.2 Å². The minimum absolute atomic E-state index is 0.117. The van der Waals surface area contributed by atoms with Gasteiger partial charge in [0.25, 0.3) is 5.56 Å². The van der Waals surface area contributed by atoms with E-state index in [1.54, 1.807) is 0 Å². The molecule has 1 aromatic heterocycles. The smallest absolute Gasteiger partial charge is 0.292 e. The highest BCUT2D eigenvalue weighted by Gasteiger charge is 2.09. The van der Waals surface area contributed by atoms with Gasteiger partial charge in [0.15, 0.2) is 0 Å². The van der Waals surface area contributed by atoms with Crippen molar-refractivity contribution in [2.75, 3.05) is 18.5 Å². The molecule has 104 valence electrons. The van der Waals surface area contributed by atoms with Crippen molar-refractivity contribution in [2.45, 2.75) is 26.3 Å². The summed E-state index contributed by atoms with van der Waals surface area (Å²) in [5.74, 6) is 2.62. The predicted molar refractivity (Wildman–Crippen MR) is 76.3 cm³/mol. The molecule has 0 spiro atoms. The maximum atomic E-state index is 12.0. The van der Waals surface area contributed by atoms with Crippen LogP contribution >= 0.6 is 11.6 Å². The molecule has 0 saturated carbocycles. The first-order valence-corrected chi connectivity index (χ1v) is 6.51. The van der Waals surface area contributed by atoms with Crippen LogP contribution in [0.15, 0.2) is 11.0 Å². The van der Waals surface area contributed by atoms with E-state index >= 15 is 0 Å². The van der Waals surface area contributed by atoms with Crippen molar-refractivity contribution < 1.29 is 5.11 Å². The summed E-state index contributed by atoms with van der Waals surface area (Å²) in [5, 5.41) is 16.1. The average Bonchev–Trinajstić information content (AvgIpc) is 2.40. The van der Waals surface area contributed by atoms with Gasteiger partial charge in [-0.1, -0.05) is 24.4 Å². The molecule has 0 aliphatic carbocycles. The maximum Gasteiger partial charge on any atom is 0.292 e. The number of aliphatic hydroxyl groups is 1. The highest BCUT2D eigenvalue weighted by Crippen LogP contribution is 2.15. The van der Waals surface area contributed by atoms with Crippen molar-refractivity contribution in [3.8, 4) is 12.3 Å². The summed E-state index contributed by atoms with van der Waals surface area (Å²) < 4.78 is 1.19. The van der Waals surface area contributed by atoms with Crippen molar-refractivity contribution in [3.05, 3.63) is 21.6 Å². The molecule has 0 amide bonds. The first-order chi connectivity index (χ1) is 9.10. The third-order valence-corrected chi connectivity index (χ3v) is 3.01. The van der Waals surface area contributed by atoms with Crippen LogP contribution in [0.5, 0.6) is 0 Å². The summed E-state index contributed by atoms with van der Waals surface area (Å²) in [7, 11) is 0. The van der Waals surface area contributed by atoms with E-state index in [0.717, 1.165) is 12.8 Å². The minimum Gasteiger partial charge on any atom is -0.396 e. The van der Waals surface area contributed by atoms with Crippen molar-refractivity contribution in [1.82, 2.24) is 9.78 Å². The lowest BCUT2D eigenvalue weighted by atomic mass is 10.1. The molecule has 0 aliphatic heterocycles. The number of aromatic nitrogens is 2. The molecule has 0 radical (unpaired) electrons. The summed E-state index contributed by atoms with van der Waals surface area (Å²) >= 11 is 5.94. The molecule has 0 fully saturated rings. The van der Waals surface area contributed by atoms with Gasteiger partial charge in [-0.25, -0.2) is 4.68 Å². The first kappa shape index (κ1) is 15.5. The molecule has 2 N–H and O–H groups in total. The van der Waals surface area contributed by atoms with Gasteiger partial charge < -0.3 is 10.4 Å². The Labute approximate surface area is 117 Å². The highest BCUT2D eigenvalue weighted by atomic mass is 35.5. The van der Waals surface area contributed by atoms with E-state index < -0.39 is 0 Å². The summed E-state index contributed by atoms with van der Waals surface area (Å²) in [6.45, 7) is 2.87. The monoisotopic (exact) mass is 283 g/mol. The molecule has 1 aromatic rings. The largest absolute Gasteiger partial charge is 0.396 e. The van der Waals surface area contributed by atoms with Gasteiger partial charge in [-0.15, -0.1) is 6.42 Å². The standard InChI is InChI=1S/C13H18ClN3O2/c1-3-7-17-13(19)12(11(14)8-16-17)15-6-4-5-10(2)9-18/h1,8,10,15,18H,4-7,9H2,2H3. The molecule has 1 unspecified atom stereocenters. The Kier molecular flexibility index (Phi) is 6.40. The number of hydrogen-bond acceptors (Lipinski definition) is 4. The van der Waals surface area contributed by atoms with Crippen molar-refractivity contribution >= 4 is 17.3 Å². The number of rotatable bonds is 7. The highest BCUT2D eigenvalue weighted by molar-refractivity contribution is 6.32. The molecule has 0 aliphatic rings. The summed E-state index contributed by atoms with van der Waals surface area (Å²) in [4.78, 5) is 12.0. The van der Waals surface area contributed by atoms with Gasteiger partial charge in [-0.3, -0.25) is 4.79 Å². The van der Waals surface area contributed by atoms with Crippen LogP contribution in [0.25, 0.3) is 0 Å². The Morgan fingerprint density at radius 2 is 2.42 bits per heavy atom. The zero-order valence-corrected chi connectivity index (χ0v) is 11.7. The molecule has 5 nitrogen and oxygen atoms in total. The van der Waals surface area contributed by atoms with E-state index in [4.69, 9.17) is 23.1 Å². The van der Waals surface area contributed by atoms with Crippen molar-refractivity contribution in [3.63, 3.8) is 0 Å². The van der Waals surface area contributed by atoms with Crippen LogP contribution in [-0.4, -0.2) is 28.0 Å². The van der Waals surface area contributed by atoms with Crippen molar-refractivity contribution in [1.29, 1.82) is 0 Å². The summed E-state index contributed by atoms with van der Waals surface area (Å²) in [6, 6.07) is 0. The van der Waals surface area contributed by atoms with E-state index in [1.807, 2.05) is 6.92 Å². The molecule has 0 saturated heterocycles. The number of hydrogen-bond donors (Lipinski definition) is 2. The summed E-state index contributed by atoms with van der Waals surface area (Å²) in [5.41, 5.74) is 0.00391. The first-order valence-electron chi connectivity index (χ1n) is 6.14. The molecular weight excluding hydrogens is 266 g/mol.